The van der Waals surface area contributed by atoms with E-state index in [2.05, 4.69) is 20.3 Å². The molecule has 0 radical (unpaired) electrons. The van der Waals surface area contributed by atoms with E-state index in [1.807, 2.05) is 6.92 Å². The largest absolute Gasteiger partial charge is 0.379 e. The van der Waals surface area contributed by atoms with Crippen molar-refractivity contribution in [3.63, 3.8) is 0 Å². The molecule has 2 aliphatic rings. The van der Waals surface area contributed by atoms with Gasteiger partial charge in [-0.3, -0.25) is 4.99 Å². The van der Waals surface area contributed by atoms with E-state index in [1.54, 1.807) is 7.05 Å². The molecule has 3 unspecified atom stereocenters. The Morgan fingerprint density at radius 2 is 2.11 bits per heavy atom. The summed E-state index contributed by atoms with van der Waals surface area (Å²) in [6.45, 7) is 5.26. The highest BCUT2D eigenvalue weighted by Crippen LogP contribution is 2.11. The molecule has 2 rings (SSSR count). The highest BCUT2D eigenvalue weighted by molar-refractivity contribution is 14.0. The second kappa shape index (κ2) is 13.9. The molecule has 166 valence electrons. The predicted octanol–water partition coefficient (Wildman–Crippen LogP) is 0.452. The molecular formula is C17H35IN4O5S. The minimum atomic E-state index is -3.35. The third kappa shape index (κ3) is 10.5. The van der Waals surface area contributed by atoms with Gasteiger partial charge in [-0.1, -0.05) is 0 Å². The molecule has 0 aromatic heterocycles. The van der Waals surface area contributed by atoms with Crippen LogP contribution in [-0.2, 0) is 24.2 Å². The van der Waals surface area contributed by atoms with Crippen molar-refractivity contribution in [2.45, 2.75) is 50.9 Å². The molecule has 9 nitrogen and oxygen atoms in total. The first kappa shape index (κ1) is 25.8. The van der Waals surface area contributed by atoms with Crippen LogP contribution in [0.25, 0.3) is 0 Å². The number of aliphatic imine (C=N–C) groups is 1. The van der Waals surface area contributed by atoms with Gasteiger partial charge in [-0.05, 0) is 32.6 Å². The van der Waals surface area contributed by atoms with Gasteiger partial charge in [0.05, 0.1) is 31.2 Å². The lowest BCUT2D eigenvalue weighted by molar-refractivity contribution is 0.0200. The monoisotopic (exact) mass is 534 g/mol. The molecule has 0 bridgehead atoms. The maximum absolute atomic E-state index is 12.1. The van der Waals surface area contributed by atoms with Crippen LogP contribution in [0.2, 0.25) is 0 Å². The Hall–Kier alpha value is -0.210. The van der Waals surface area contributed by atoms with Gasteiger partial charge in [0.25, 0.3) is 0 Å². The predicted molar refractivity (Wildman–Crippen MR) is 120 cm³/mol. The molecular weight excluding hydrogens is 499 g/mol. The smallest absolute Gasteiger partial charge is 0.213 e. The second-order valence-corrected chi connectivity index (χ2v) is 8.95. The molecule has 0 aromatic rings. The third-order valence-electron chi connectivity index (χ3n) is 4.54. The Labute approximate surface area is 185 Å². The van der Waals surface area contributed by atoms with E-state index in [1.165, 1.54) is 0 Å². The summed E-state index contributed by atoms with van der Waals surface area (Å²) in [4.78, 5) is 4.13. The van der Waals surface area contributed by atoms with Crippen LogP contribution in [0.5, 0.6) is 0 Å². The van der Waals surface area contributed by atoms with E-state index in [0.29, 0.717) is 32.3 Å². The van der Waals surface area contributed by atoms with Gasteiger partial charge in [-0.2, -0.15) is 0 Å². The number of rotatable bonds is 10. The molecule has 3 atom stereocenters. The molecule has 11 heteroatoms. The van der Waals surface area contributed by atoms with Crippen molar-refractivity contribution in [2.75, 3.05) is 52.3 Å². The van der Waals surface area contributed by atoms with Crippen molar-refractivity contribution in [1.29, 1.82) is 0 Å². The maximum Gasteiger partial charge on any atom is 0.213 e. The van der Waals surface area contributed by atoms with Crippen LogP contribution in [0.3, 0.4) is 0 Å². The number of sulfonamides is 1. The van der Waals surface area contributed by atoms with Crippen LogP contribution in [-0.4, -0.2) is 84.9 Å². The number of guanidine groups is 1. The van der Waals surface area contributed by atoms with Crippen LogP contribution in [0.4, 0.5) is 0 Å². The highest BCUT2D eigenvalue weighted by atomic mass is 127. The Morgan fingerprint density at radius 1 is 1.29 bits per heavy atom. The van der Waals surface area contributed by atoms with E-state index >= 15 is 0 Å². The molecule has 2 fully saturated rings. The lowest BCUT2D eigenvalue weighted by Gasteiger charge is -2.23. The van der Waals surface area contributed by atoms with E-state index in [-0.39, 0.29) is 54.5 Å². The number of hydrogen-bond acceptors (Lipinski definition) is 6. The minimum Gasteiger partial charge on any atom is -0.379 e. The highest BCUT2D eigenvalue weighted by Gasteiger charge is 2.19. The topological polar surface area (TPSA) is 110 Å². The van der Waals surface area contributed by atoms with Crippen LogP contribution in [0.15, 0.2) is 4.99 Å². The first-order valence-electron chi connectivity index (χ1n) is 9.74. The van der Waals surface area contributed by atoms with Gasteiger partial charge in [0.2, 0.25) is 10.0 Å². The fraction of sp³-hybridized carbons (Fsp3) is 0.941. The second-order valence-electron chi connectivity index (χ2n) is 7.02. The zero-order valence-electron chi connectivity index (χ0n) is 16.8. The molecule has 2 heterocycles. The summed E-state index contributed by atoms with van der Waals surface area (Å²) < 4.78 is 43.5. The number of halogens is 1. The number of hydrogen-bond donors (Lipinski definition) is 3. The van der Waals surface area contributed by atoms with Crippen molar-refractivity contribution in [3.05, 3.63) is 0 Å². The van der Waals surface area contributed by atoms with Gasteiger partial charge in [0.1, 0.15) is 0 Å². The van der Waals surface area contributed by atoms with Crippen LogP contribution in [0, 0.1) is 0 Å². The van der Waals surface area contributed by atoms with Crippen molar-refractivity contribution >= 4 is 40.0 Å². The molecule has 2 aliphatic heterocycles. The third-order valence-corrected chi connectivity index (χ3v) is 5.89. The Balaban J connectivity index is 0.00000392. The average molecular weight is 534 g/mol. The van der Waals surface area contributed by atoms with Gasteiger partial charge in [-0.15, -0.1) is 24.0 Å². The van der Waals surface area contributed by atoms with E-state index in [9.17, 15) is 8.42 Å². The average Bonchev–Trinajstić information content (AvgIpc) is 3.18. The number of nitrogens with zero attached hydrogens (tertiary/aromatic N) is 1. The van der Waals surface area contributed by atoms with Crippen LogP contribution in [0.1, 0.15) is 32.6 Å². The first-order chi connectivity index (χ1) is 13.0. The fourth-order valence-corrected chi connectivity index (χ4v) is 3.91. The zero-order chi connectivity index (χ0) is 19.5. The maximum atomic E-state index is 12.1. The number of nitrogens with one attached hydrogen (secondary N) is 3. The first-order valence-corrected chi connectivity index (χ1v) is 11.4. The summed E-state index contributed by atoms with van der Waals surface area (Å²) in [5.74, 6) is 0.532. The number of ether oxygens (including phenoxy) is 3. The zero-order valence-corrected chi connectivity index (χ0v) is 20.0. The van der Waals surface area contributed by atoms with Crippen molar-refractivity contribution in [2.24, 2.45) is 4.99 Å². The Bertz CT molecular complexity index is 552. The summed E-state index contributed by atoms with van der Waals surface area (Å²) in [5.41, 5.74) is 0. The summed E-state index contributed by atoms with van der Waals surface area (Å²) in [6.07, 6.45) is 4.12. The Morgan fingerprint density at radius 3 is 2.75 bits per heavy atom. The molecule has 28 heavy (non-hydrogen) atoms. The SMILES string of the molecule is CN=C(NCCS(=O)(=O)NCC1CCCCO1)NC(C)COC1CCOC1.I. The molecule has 0 saturated carbocycles. The molecule has 3 N–H and O–H groups in total. The molecule has 0 spiro atoms. The van der Waals surface area contributed by atoms with Crippen molar-refractivity contribution < 1.29 is 22.6 Å². The van der Waals surface area contributed by atoms with E-state index in [4.69, 9.17) is 14.2 Å². The van der Waals surface area contributed by atoms with Crippen LogP contribution >= 0.6 is 24.0 Å². The van der Waals surface area contributed by atoms with Gasteiger partial charge in [0, 0.05) is 39.4 Å². The molecule has 0 amide bonds. The minimum absolute atomic E-state index is 0. The standard InChI is InChI=1S/C17H34N4O5S.HI/c1-14(12-26-16-6-9-24-13-16)21-17(18-2)19-7-10-27(22,23)20-11-15-5-3-4-8-25-15;/h14-16,20H,3-13H2,1-2H3,(H2,18,19,21);1H. The summed E-state index contributed by atoms with van der Waals surface area (Å²) in [5, 5.41) is 6.23. The quantitative estimate of drug-likeness (QED) is 0.212. The lowest BCUT2D eigenvalue weighted by atomic mass is 10.1. The van der Waals surface area contributed by atoms with Crippen molar-refractivity contribution in [3.8, 4) is 0 Å². The van der Waals surface area contributed by atoms with E-state index in [0.717, 1.165) is 32.3 Å². The van der Waals surface area contributed by atoms with Gasteiger partial charge >= 0.3 is 0 Å². The summed E-state index contributed by atoms with van der Waals surface area (Å²) in [7, 11) is -1.69. The molecule has 0 aliphatic carbocycles. The fourth-order valence-electron chi connectivity index (χ4n) is 2.96. The van der Waals surface area contributed by atoms with E-state index < -0.39 is 10.0 Å². The van der Waals surface area contributed by atoms with Crippen molar-refractivity contribution in [1.82, 2.24) is 15.4 Å². The molecule has 2 saturated heterocycles. The summed E-state index contributed by atoms with van der Waals surface area (Å²) >= 11 is 0. The normalized spacial score (nSPS) is 24.4. The molecule has 0 aromatic carbocycles. The lowest BCUT2D eigenvalue weighted by Crippen LogP contribution is -2.46. The van der Waals surface area contributed by atoms with Crippen LogP contribution < -0.4 is 15.4 Å². The summed E-state index contributed by atoms with van der Waals surface area (Å²) in [6, 6.07) is 0.0509. The Kier molecular flexibility index (Phi) is 12.8. The van der Waals surface area contributed by atoms with Gasteiger partial charge in [0.15, 0.2) is 5.96 Å². The van der Waals surface area contributed by atoms with Gasteiger partial charge < -0.3 is 24.8 Å². The van der Waals surface area contributed by atoms with Gasteiger partial charge in [-0.25, -0.2) is 13.1 Å².